The first-order chi connectivity index (χ1) is 13.7. The number of H-pyrrole nitrogens is 1. The van der Waals surface area contributed by atoms with Gasteiger partial charge in [0.1, 0.15) is 0 Å². The summed E-state index contributed by atoms with van der Waals surface area (Å²) in [5.41, 5.74) is 7.19. The first-order valence-electron chi connectivity index (χ1n) is 9.21. The van der Waals surface area contributed by atoms with E-state index in [0.29, 0.717) is 5.56 Å². The van der Waals surface area contributed by atoms with Crippen LogP contribution in [0.2, 0.25) is 0 Å². The number of rotatable bonds is 4. The van der Waals surface area contributed by atoms with Crippen LogP contribution in [0.1, 0.15) is 15.9 Å². The Hall–Kier alpha value is -3.59. The number of esters is 1. The first kappa shape index (κ1) is 17.8. The van der Waals surface area contributed by atoms with Crippen LogP contribution in [0.15, 0.2) is 84.9 Å². The summed E-state index contributed by atoms with van der Waals surface area (Å²) in [6.45, 7) is 2.06. The van der Waals surface area contributed by atoms with E-state index in [-0.39, 0.29) is 5.97 Å². The van der Waals surface area contributed by atoms with E-state index in [9.17, 15) is 4.79 Å². The molecule has 0 fully saturated rings. The van der Waals surface area contributed by atoms with E-state index < -0.39 is 0 Å². The Labute approximate surface area is 164 Å². The second-order valence-corrected chi connectivity index (χ2v) is 6.72. The molecule has 0 unspecified atom stereocenters. The lowest BCUT2D eigenvalue weighted by atomic mass is 9.95. The van der Waals surface area contributed by atoms with Crippen LogP contribution >= 0.6 is 0 Å². The highest BCUT2D eigenvalue weighted by Gasteiger charge is 2.26. The number of aromatic nitrogens is 1. The molecule has 3 nitrogen and oxygen atoms in total. The fourth-order valence-electron chi connectivity index (χ4n) is 3.54. The molecule has 0 atom stereocenters. The number of carbonyl (C=O) groups is 1. The Morgan fingerprint density at radius 1 is 0.750 bits per heavy atom. The van der Waals surface area contributed by atoms with Crippen molar-refractivity contribution in [3.63, 3.8) is 0 Å². The molecule has 138 valence electrons. The standard InChI is InChI=1S/C25H21NO2/c1-17-10-9-15-20(16-17)24-21(18-11-5-3-6-12-18)22(25(27)28-2)23(26-24)19-13-7-4-8-14-19/h3-16,26H,1-2H3. The molecule has 0 bridgehead atoms. The maximum absolute atomic E-state index is 12.9. The third-order valence-electron chi connectivity index (χ3n) is 4.82. The van der Waals surface area contributed by atoms with E-state index >= 15 is 0 Å². The topological polar surface area (TPSA) is 42.1 Å². The molecule has 1 heterocycles. The van der Waals surface area contributed by atoms with E-state index in [1.807, 2.05) is 66.7 Å². The van der Waals surface area contributed by atoms with Crippen molar-refractivity contribution in [2.75, 3.05) is 7.11 Å². The Balaban J connectivity index is 2.08. The van der Waals surface area contributed by atoms with Gasteiger partial charge in [0.15, 0.2) is 0 Å². The largest absolute Gasteiger partial charge is 0.465 e. The zero-order chi connectivity index (χ0) is 19.5. The van der Waals surface area contributed by atoms with E-state index in [2.05, 4.69) is 30.1 Å². The maximum Gasteiger partial charge on any atom is 0.340 e. The van der Waals surface area contributed by atoms with E-state index in [1.165, 1.54) is 7.11 Å². The molecule has 1 N–H and O–H groups in total. The number of methoxy groups -OCH3 is 1. The van der Waals surface area contributed by atoms with Gasteiger partial charge in [0.05, 0.1) is 24.1 Å². The van der Waals surface area contributed by atoms with Crippen molar-refractivity contribution in [1.82, 2.24) is 4.98 Å². The average Bonchev–Trinajstić information content (AvgIpc) is 3.15. The number of hydrogen-bond acceptors (Lipinski definition) is 2. The summed E-state index contributed by atoms with van der Waals surface area (Å²) in [6.07, 6.45) is 0. The summed E-state index contributed by atoms with van der Waals surface area (Å²) in [7, 11) is 1.42. The number of nitrogens with one attached hydrogen (secondary N) is 1. The van der Waals surface area contributed by atoms with Gasteiger partial charge >= 0.3 is 5.97 Å². The Morgan fingerprint density at radius 3 is 1.96 bits per heavy atom. The lowest BCUT2D eigenvalue weighted by Crippen LogP contribution is -2.03. The molecule has 0 aliphatic rings. The van der Waals surface area contributed by atoms with Gasteiger partial charge < -0.3 is 9.72 Å². The van der Waals surface area contributed by atoms with Gasteiger partial charge in [-0.05, 0) is 29.7 Å². The van der Waals surface area contributed by atoms with Gasteiger partial charge in [0.25, 0.3) is 0 Å². The lowest BCUT2D eigenvalue weighted by Gasteiger charge is -2.08. The fourth-order valence-corrected chi connectivity index (χ4v) is 3.54. The van der Waals surface area contributed by atoms with Gasteiger partial charge in [-0.2, -0.15) is 0 Å². The third kappa shape index (κ3) is 3.23. The van der Waals surface area contributed by atoms with Gasteiger partial charge in [-0.15, -0.1) is 0 Å². The Morgan fingerprint density at radius 2 is 1.36 bits per heavy atom. The van der Waals surface area contributed by atoms with Crippen LogP contribution < -0.4 is 0 Å². The van der Waals surface area contributed by atoms with Crippen molar-refractivity contribution in [1.29, 1.82) is 0 Å². The molecule has 0 aliphatic heterocycles. The molecule has 1 aromatic heterocycles. The van der Waals surface area contributed by atoms with Crippen molar-refractivity contribution in [3.8, 4) is 33.6 Å². The highest BCUT2D eigenvalue weighted by Crippen LogP contribution is 2.41. The minimum absolute atomic E-state index is 0.354. The molecule has 0 spiro atoms. The monoisotopic (exact) mass is 367 g/mol. The maximum atomic E-state index is 12.9. The molecule has 0 amide bonds. The molecular weight excluding hydrogens is 346 g/mol. The third-order valence-corrected chi connectivity index (χ3v) is 4.82. The summed E-state index contributed by atoms with van der Waals surface area (Å²) >= 11 is 0. The van der Waals surface area contributed by atoms with Crippen molar-refractivity contribution in [2.45, 2.75) is 6.92 Å². The predicted molar refractivity (Wildman–Crippen MR) is 113 cm³/mol. The SMILES string of the molecule is COC(=O)c1c(-c2ccccc2)[nH]c(-c2cccc(C)c2)c1-c1ccccc1. The number of carbonyl (C=O) groups excluding carboxylic acids is 1. The number of ether oxygens (including phenoxy) is 1. The molecule has 3 heteroatoms. The number of aromatic amines is 1. The second-order valence-electron chi connectivity index (χ2n) is 6.72. The lowest BCUT2D eigenvalue weighted by molar-refractivity contribution is 0.0602. The predicted octanol–water partition coefficient (Wildman–Crippen LogP) is 6.11. The van der Waals surface area contributed by atoms with E-state index in [4.69, 9.17) is 4.74 Å². The molecule has 0 saturated carbocycles. The summed E-state index contributed by atoms with van der Waals surface area (Å²) in [5, 5.41) is 0. The fraction of sp³-hybridized carbons (Fsp3) is 0.0800. The highest BCUT2D eigenvalue weighted by molar-refractivity contribution is 6.07. The molecule has 0 saturated heterocycles. The normalized spacial score (nSPS) is 10.6. The number of aryl methyl sites for hydroxylation is 1. The molecule has 4 rings (SSSR count). The molecule has 28 heavy (non-hydrogen) atoms. The zero-order valence-electron chi connectivity index (χ0n) is 15.9. The molecule has 4 aromatic rings. The average molecular weight is 367 g/mol. The van der Waals surface area contributed by atoms with Gasteiger partial charge in [-0.1, -0.05) is 84.4 Å². The summed E-state index contributed by atoms with van der Waals surface area (Å²) in [4.78, 5) is 16.4. The summed E-state index contributed by atoms with van der Waals surface area (Å²) < 4.78 is 5.17. The van der Waals surface area contributed by atoms with Crippen molar-refractivity contribution >= 4 is 5.97 Å². The van der Waals surface area contributed by atoms with Crippen molar-refractivity contribution < 1.29 is 9.53 Å². The van der Waals surface area contributed by atoms with Crippen LogP contribution in [-0.2, 0) is 4.74 Å². The van der Waals surface area contributed by atoms with Crippen LogP contribution in [0.25, 0.3) is 33.6 Å². The van der Waals surface area contributed by atoms with E-state index in [1.54, 1.807) is 0 Å². The number of hydrogen-bond donors (Lipinski definition) is 1. The van der Waals surface area contributed by atoms with Gasteiger partial charge in [0.2, 0.25) is 0 Å². The zero-order valence-corrected chi connectivity index (χ0v) is 15.9. The summed E-state index contributed by atoms with van der Waals surface area (Å²) in [5.74, 6) is -0.354. The Bertz CT molecular complexity index is 1110. The van der Waals surface area contributed by atoms with Crippen LogP contribution in [0.3, 0.4) is 0 Å². The van der Waals surface area contributed by atoms with Crippen LogP contribution in [0, 0.1) is 6.92 Å². The molecule has 0 aliphatic carbocycles. The highest BCUT2D eigenvalue weighted by atomic mass is 16.5. The minimum atomic E-state index is -0.354. The van der Waals surface area contributed by atoms with Crippen molar-refractivity contribution in [3.05, 3.63) is 96.1 Å². The summed E-state index contributed by atoms with van der Waals surface area (Å²) in [6, 6.07) is 28.1. The van der Waals surface area contributed by atoms with Crippen LogP contribution in [0.5, 0.6) is 0 Å². The quantitative estimate of drug-likeness (QED) is 0.442. The van der Waals surface area contributed by atoms with Crippen LogP contribution in [0.4, 0.5) is 0 Å². The molecule has 3 aromatic carbocycles. The second kappa shape index (κ2) is 7.57. The number of benzene rings is 3. The molecular formula is C25H21NO2. The van der Waals surface area contributed by atoms with Gasteiger partial charge in [-0.3, -0.25) is 0 Å². The van der Waals surface area contributed by atoms with Gasteiger partial charge in [-0.25, -0.2) is 4.79 Å². The van der Waals surface area contributed by atoms with E-state index in [0.717, 1.165) is 39.2 Å². The van der Waals surface area contributed by atoms with Crippen LogP contribution in [-0.4, -0.2) is 18.1 Å². The van der Waals surface area contributed by atoms with Gasteiger partial charge in [0, 0.05) is 5.56 Å². The Kier molecular flexibility index (Phi) is 4.81. The first-order valence-corrected chi connectivity index (χ1v) is 9.21. The molecule has 0 radical (unpaired) electrons. The smallest absolute Gasteiger partial charge is 0.340 e. The minimum Gasteiger partial charge on any atom is -0.465 e. The van der Waals surface area contributed by atoms with Crippen molar-refractivity contribution in [2.24, 2.45) is 0 Å².